The van der Waals surface area contributed by atoms with Gasteiger partial charge in [0.1, 0.15) is 5.69 Å². The van der Waals surface area contributed by atoms with Crippen LogP contribution in [0.2, 0.25) is 0 Å². The van der Waals surface area contributed by atoms with Gasteiger partial charge in [-0.15, -0.1) is 0 Å². The Kier molecular flexibility index (Phi) is 3.31. The number of benzene rings is 1. The summed E-state index contributed by atoms with van der Waals surface area (Å²) in [7, 11) is 0. The predicted molar refractivity (Wildman–Crippen MR) is 93.7 cm³/mol. The molecule has 0 spiro atoms. The summed E-state index contributed by atoms with van der Waals surface area (Å²) in [6.45, 7) is 4.43. The molecule has 25 heavy (non-hydrogen) atoms. The second-order valence-corrected chi connectivity index (χ2v) is 5.95. The second-order valence-electron chi connectivity index (χ2n) is 5.95. The molecule has 0 radical (unpaired) electrons. The third kappa shape index (κ3) is 2.27. The van der Waals surface area contributed by atoms with Gasteiger partial charge in [0.25, 0.3) is 0 Å². The molecular weight excluding hydrogens is 321 g/mol. The molecule has 4 aromatic rings. The zero-order valence-corrected chi connectivity index (χ0v) is 13.8. The highest BCUT2D eigenvalue weighted by Crippen LogP contribution is 2.32. The average Bonchev–Trinajstić information content (AvgIpc) is 3.15. The monoisotopic (exact) mass is 337 g/mol. The molecule has 0 aliphatic heterocycles. The molecule has 0 unspecified atom stereocenters. The van der Waals surface area contributed by atoms with Gasteiger partial charge in [0, 0.05) is 34.6 Å². The molecule has 0 fully saturated rings. The van der Waals surface area contributed by atoms with E-state index in [1.54, 1.807) is 29.1 Å². The molecule has 6 nitrogen and oxygen atoms in total. The summed E-state index contributed by atoms with van der Waals surface area (Å²) >= 11 is 0. The lowest BCUT2D eigenvalue weighted by Gasteiger charge is -2.05. The number of aryl methyl sites for hydroxylation is 2. The van der Waals surface area contributed by atoms with Gasteiger partial charge in [0.2, 0.25) is 5.91 Å². The van der Waals surface area contributed by atoms with Crippen molar-refractivity contribution in [3.63, 3.8) is 0 Å². The highest BCUT2D eigenvalue weighted by atomic mass is 19.1. The molecule has 0 bridgehead atoms. The van der Waals surface area contributed by atoms with Gasteiger partial charge in [-0.05, 0) is 38.1 Å². The first-order valence-corrected chi connectivity index (χ1v) is 7.94. The average molecular weight is 337 g/mol. The minimum atomic E-state index is -0.524. The molecule has 0 aliphatic carbocycles. The molecule has 126 valence electrons. The van der Waals surface area contributed by atoms with E-state index in [-0.39, 0.29) is 5.69 Å². The maximum atomic E-state index is 15.2. The van der Waals surface area contributed by atoms with Crippen molar-refractivity contribution in [3.8, 4) is 11.4 Å². The number of hydrogen-bond acceptors (Lipinski definition) is 3. The number of nitrogens with two attached hydrogens (primary N) is 1. The largest absolute Gasteiger partial charge is 0.366 e. The Labute approximate surface area is 142 Å². The summed E-state index contributed by atoms with van der Waals surface area (Å²) in [6, 6.07) is 6.79. The summed E-state index contributed by atoms with van der Waals surface area (Å²) in [6.07, 6.45) is 1.61. The number of nitrogens with zero attached hydrogens (tertiary/aromatic N) is 3. The van der Waals surface area contributed by atoms with Crippen LogP contribution in [0.3, 0.4) is 0 Å². The van der Waals surface area contributed by atoms with Gasteiger partial charge in [-0.3, -0.25) is 14.5 Å². The maximum absolute atomic E-state index is 15.2. The SMILES string of the molecule is CCn1nc(C)cc1-c1ncc2c([nH]c3ccc(C(N)=O)cc32)c1F. The van der Waals surface area contributed by atoms with Crippen molar-refractivity contribution < 1.29 is 9.18 Å². The number of primary amides is 1. The first kappa shape index (κ1) is 15.3. The standard InChI is InChI=1S/C18H16FN5O/c1-3-24-14(6-9(2)23-24)17-15(19)16-12(8-21-17)11-7-10(18(20)25)4-5-13(11)22-16/h4-8,22H,3H2,1-2H3,(H2,20,25). The number of carbonyl (C=O) groups excluding carboxylic acids is 1. The first-order valence-electron chi connectivity index (χ1n) is 7.94. The number of carbonyl (C=O) groups is 1. The number of aromatic amines is 1. The van der Waals surface area contributed by atoms with E-state index < -0.39 is 11.7 Å². The third-order valence-electron chi connectivity index (χ3n) is 4.32. The van der Waals surface area contributed by atoms with Crippen molar-refractivity contribution >= 4 is 27.7 Å². The summed E-state index contributed by atoms with van der Waals surface area (Å²) in [5.41, 5.74) is 8.46. The van der Waals surface area contributed by atoms with Crippen LogP contribution < -0.4 is 5.73 Å². The van der Waals surface area contributed by atoms with Crippen molar-refractivity contribution in [3.05, 3.63) is 47.5 Å². The second kappa shape index (κ2) is 5.41. The van der Waals surface area contributed by atoms with Crippen molar-refractivity contribution in [1.29, 1.82) is 0 Å². The molecular formula is C18H16FN5O. The number of fused-ring (bicyclic) bond motifs is 3. The van der Waals surface area contributed by atoms with E-state index in [1.165, 1.54) is 0 Å². The summed E-state index contributed by atoms with van der Waals surface area (Å²) in [5, 5.41) is 5.67. The van der Waals surface area contributed by atoms with Gasteiger partial charge >= 0.3 is 0 Å². The normalized spacial score (nSPS) is 11.5. The van der Waals surface area contributed by atoms with Gasteiger partial charge in [0.15, 0.2) is 5.82 Å². The smallest absolute Gasteiger partial charge is 0.248 e. The van der Waals surface area contributed by atoms with Crippen LogP contribution in [-0.4, -0.2) is 25.7 Å². The maximum Gasteiger partial charge on any atom is 0.248 e. The van der Waals surface area contributed by atoms with Crippen LogP contribution in [-0.2, 0) is 6.54 Å². The molecule has 0 saturated carbocycles. The zero-order chi connectivity index (χ0) is 17.7. The van der Waals surface area contributed by atoms with Crippen molar-refractivity contribution in [2.75, 3.05) is 0 Å². The number of pyridine rings is 1. The highest BCUT2D eigenvalue weighted by Gasteiger charge is 2.18. The Morgan fingerprint density at radius 1 is 1.32 bits per heavy atom. The van der Waals surface area contributed by atoms with E-state index >= 15 is 4.39 Å². The molecule has 0 aliphatic rings. The number of aromatic nitrogens is 4. The molecule has 1 aromatic carbocycles. The zero-order valence-electron chi connectivity index (χ0n) is 13.8. The van der Waals surface area contributed by atoms with E-state index in [0.29, 0.717) is 34.1 Å². The fourth-order valence-electron chi connectivity index (χ4n) is 3.13. The number of nitrogens with one attached hydrogen (secondary N) is 1. The number of halogens is 1. The fraction of sp³-hybridized carbons (Fsp3) is 0.167. The van der Waals surface area contributed by atoms with E-state index in [0.717, 1.165) is 11.2 Å². The topological polar surface area (TPSA) is 89.6 Å². The van der Waals surface area contributed by atoms with Crippen molar-refractivity contribution in [1.82, 2.24) is 19.7 Å². The molecule has 0 atom stereocenters. The Morgan fingerprint density at radius 2 is 2.12 bits per heavy atom. The van der Waals surface area contributed by atoms with Crippen LogP contribution in [0.1, 0.15) is 23.0 Å². The minimum Gasteiger partial charge on any atom is -0.366 e. The molecule has 3 heterocycles. The van der Waals surface area contributed by atoms with Crippen LogP contribution in [0.15, 0.2) is 30.5 Å². The summed E-state index contributed by atoms with van der Waals surface area (Å²) < 4.78 is 16.9. The van der Waals surface area contributed by atoms with E-state index in [1.807, 2.05) is 19.9 Å². The minimum absolute atomic E-state index is 0.247. The summed E-state index contributed by atoms with van der Waals surface area (Å²) in [4.78, 5) is 18.8. The van der Waals surface area contributed by atoms with Crippen LogP contribution in [0.25, 0.3) is 33.2 Å². The van der Waals surface area contributed by atoms with Crippen LogP contribution >= 0.6 is 0 Å². The number of H-pyrrole nitrogens is 1. The lowest BCUT2D eigenvalue weighted by Crippen LogP contribution is -2.10. The van der Waals surface area contributed by atoms with Gasteiger partial charge in [0.05, 0.1) is 16.9 Å². The van der Waals surface area contributed by atoms with E-state index in [4.69, 9.17) is 5.73 Å². The van der Waals surface area contributed by atoms with Crippen LogP contribution in [0.4, 0.5) is 4.39 Å². The summed E-state index contributed by atoms with van der Waals surface area (Å²) in [5.74, 6) is -0.965. The van der Waals surface area contributed by atoms with Gasteiger partial charge in [-0.2, -0.15) is 5.10 Å². The van der Waals surface area contributed by atoms with Crippen molar-refractivity contribution in [2.24, 2.45) is 5.73 Å². The van der Waals surface area contributed by atoms with Gasteiger partial charge < -0.3 is 10.7 Å². The van der Waals surface area contributed by atoms with Crippen molar-refractivity contribution in [2.45, 2.75) is 20.4 Å². The predicted octanol–water partition coefficient (Wildman–Crippen LogP) is 3.15. The Hall–Kier alpha value is -3.22. The molecule has 3 N–H and O–H groups in total. The number of rotatable bonds is 3. The lowest BCUT2D eigenvalue weighted by atomic mass is 10.1. The van der Waals surface area contributed by atoms with Gasteiger partial charge in [-0.1, -0.05) is 0 Å². The molecule has 0 saturated heterocycles. The molecule has 3 aromatic heterocycles. The van der Waals surface area contributed by atoms with Crippen LogP contribution in [0.5, 0.6) is 0 Å². The molecule has 1 amide bonds. The molecule has 4 rings (SSSR count). The first-order chi connectivity index (χ1) is 12.0. The molecule has 7 heteroatoms. The van der Waals surface area contributed by atoms with Gasteiger partial charge in [-0.25, -0.2) is 4.39 Å². The lowest BCUT2D eigenvalue weighted by molar-refractivity contribution is 0.100. The Morgan fingerprint density at radius 3 is 2.84 bits per heavy atom. The Bertz CT molecular complexity index is 1140. The van der Waals surface area contributed by atoms with E-state index in [2.05, 4.69) is 15.1 Å². The number of hydrogen-bond donors (Lipinski definition) is 2. The highest BCUT2D eigenvalue weighted by molar-refractivity contribution is 6.10. The third-order valence-corrected chi connectivity index (χ3v) is 4.32. The van der Waals surface area contributed by atoms with E-state index in [9.17, 15) is 4.79 Å². The van der Waals surface area contributed by atoms with Crippen LogP contribution in [0, 0.1) is 12.7 Å². The quantitative estimate of drug-likeness (QED) is 0.602. The fourth-order valence-corrected chi connectivity index (χ4v) is 3.13. The Balaban J connectivity index is 1.99. The number of amides is 1.